The summed E-state index contributed by atoms with van der Waals surface area (Å²) < 4.78 is 5.87. The molecule has 4 rings (SSSR count). The van der Waals surface area contributed by atoms with Crippen molar-refractivity contribution in [3.05, 3.63) is 86.4 Å². The van der Waals surface area contributed by atoms with Crippen LogP contribution in [0, 0.1) is 0 Å². The van der Waals surface area contributed by atoms with E-state index < -0.39 is 0 Å². The number of hydrogen-bond acceptors (Lipinski definition) is 3. The van der Waals surface area contributed by atoms with Crippen molar-refractivity contribution in [1.29, 1.82) is 0 Å². The molecule has 0 saturated heterocycles. The summed E-state index contributed by atoms with van der Waals surface area (Å²) in [5, 5.41) is 1.34. The molecule has 0 saturated carbocycles. The lowest BCUT2D eigenvalue weighted by Crippen LogP contribution is -2.37. The van der Waals surface area contributed by atoms with E-state index in [4.69, 9.17) is 45.3 Å². The summed E-state index contributed by atoms with van der Waals surface area (Å²) in [5.41, 5.74) is 8.84. The molecule has 0 fully saturated rings. The quantitative estimate of drug-likeness (QED) is 0.483. The van der Waals surface area contributed by atoms with Crippen LogP contribution in [0.15, 0.2) is 54.6 Å². The number of nitrogens with zero attached hydrogens (tertiary/aromatic N) is 1. The van der Waals surface area contributed by atoms with Crippen LogP contribution in [0.4, 0.5) is 5.69 Å². The number of fused-ring (bicyclic) bond motifs is 1. The third kappa shape index (κ3) is 4.30. The van der Waals surface area contributed by atoms with Crippen LogP contribution in [0.2, 0.25) is 15.1 Å². The van der Waals surface area contributed by atoms with Gasteiger partial charge in [0.15, 0.2) is 5.75 Å². The van der Waals surface area contributed by atoms with Crippen molar-refractivity contribution in [1.82, 2.24) is 4.90 Å². The molecule has 0 radical (unpaired) electrons. The van der Waals surface area contributed by atoms with E-state index in [1.165, 1.54) is 0 Å². The minimum absolute atomic E-state index is 0.00343. The second kappa shape index (κ2) is 8.15. The third-order valence-electron chi connectivity index (χ3n) is 4.77. The zero-order valence-corrected chi connectivity index (χ0v) is 17.6. The van der Waals surface area contributed by atoms with E-state index in [-0.39, 0.29) is 5.91 Å². The number of ether oxygens (including phenoxy) is 1. The maximum absolute atomic E-state index is 12.9. The molecule has 0 bridgehead atoms. The molecule has 0 unspecified atom stereocenters. The van der Waals surface area contributed by atoms with Gasteiger partial charge in [-0.05, 0) is 60.0 Å². The predicted molar refractivity (Wildman–Crippen MR) is 117 cm³/mol. The largest absolute Gasteiger partial charge is 0.454 e. The second-order valence-corrected chi connectivity index (χ2v) is 8.09. The highest BCUT2D eigenvalue weighted by molar-refractivity contribution is 6.37. The van der Waals surface area contributed by atoms with E-state index >= 15 is 0 Å². The number of nitrogen functional groups attached to an aromatic ring is 1. The number of carbonyl (C=O) groups is 1. The van der Waals surface area contributed by atoms with Gasteiger partial charge in [0.05, 0.1) is 10.0 Å². The summed E-state index contributed by atoms with van der Waals surface area (Å²) in [4.78, 5) is 14.7. The Morgan fingerprint density at radius 1 is 0.966 bits per heavy atom. The Bertz CT molecular complexity index is 1060. The molecule has 0 aromatic heterocycles. The number of rotatable bonds is 4. The maximum atomic E-state index is 12.9. The smallest absolute Gasteiger partial charge is 0.254 e. The summed E-state index contributed by atoms with van der Waals surface area (Å²) in [7, 11) is 0. The van der Waals surface area contributed by atoms with Gasteiger partial charge in [-0.1, -0.05) is 46.9 Å². The monoisotopic (exact) mass is 446 g/mol. The molecule has 0 aliphatic carbocycles. The van der Waals surface area contributed by atoms with Gasteiger partial charge in [0, 0.05) is 29.4 Å². The van der Waals surface area contributed by atoms with Crippen LogP contribution in [0.25, 0.3) is 0 Å². The number of hydrogen-bond donors (Lipinski definition) is 1. The highest BCUT2D eigenvalue weighted by Crippen LogP contribution is 2.38. The molecule has 2 N–H and O–H groups in total. The molecule has 1 aliphatic rings. The number of anilines is 1. The SMILES string of the molecule is Nc1cc(Cl)c(Oc2ccc3c(c2)CCN(Cc2ccc(Cl)cc2)C3=O)c(Cl)c1. The highest BCUT2D eigenvalue weighted by Gasteiger charge is 2.25. The lowest BCUT2D eigenvalue weighted by atomic mass is 9.98. The summed E-state index contributed by atoms with van der Waals surface area (Å²) in [6.45, 7) is 1.17. The van der Waals surface area contributed by atoms with Crippen molar-refractivity contribution in [2.24, 2.45) is 0 Å². The van der Waals surface area contributed by atoms with Crippen LogP contribution in [0.3, 0.4) is 0 Å². The molecular formula is C22H17Cl3N2O2. The summed E-state index contributed by atoms with van der Waals surface area (Å²) in [5.74, 6) is 0.904. The minimum Gasteiger partial charge on any atom is -0.454 e. The molecule has 0 atom stereocenters. The molecule has 1 amide bonds. The zero-order chi connectivity index (χ0) is 20.5. The Balaban J connectivity index is 1.53. The fourth-order valence-corrected chi connectivity index (χ4v) is 4.04. The lowest BCUT2D eigenvalue weighted by Gasteiger charge is -2.29. The van der Waals surface area contributed by atoms with Crippen LogP contribution < -0.4 is 10.5 Å². The second-order valence-electron chi connectivity index (χ2n) is 6.84. The van der Waals surface area contributed by atoms with E-state index in [1.807, 2.05) is 35.2 Å². The number of nitrogens with two attached hydrogens (primary N) is 1. The Morgan fingerprint density at radius 3 is 2.34 bits per heavy atom. The molecule has 1 heterocycles. The zero-order valence-electron chi connectivity index (χ0n) is 15.3. The van der Waals surface area contributed by atoms with Crippen LogP contribution in [0.5, 0.6) is 11.5 Å². The van der Waals surface area contributed by atoms with Gasteiger partial charge in [-0.2, -0.15) is 0 Å². The number of halogens is 3. The fraction of sp³-hybridized carbons (Fsp3) is 0.136. The molecule has 0 spiro atoms. The predicted octanol–water partition coefficient (Wildman–Crippen LogP) is 6.22. The number of carbonyl (C=O) groups excluding carboxylic acids is 1. The van der Waals surface area contributed by atoms with Crippen molar-refractivity contribution in [2.75, 3.05) is 12.3 Å². The minimum atomic E-state index is -0.00343. The molecule has 4 nitrogen and oxygen atoms in total. The van der Waals surface area contributed by atoms with Crippen molar-refractivity contribution in [2.45, 2.75) is 13.0 Å². The average molecular weight is 448 g/mol. The standard InChI is InChI=1S/C22H17Cl3N2O2/c23-15-3-1-13(2-4-15)12-27-8-7-14-9-17(5-6-18(14)22(27)28)29-21-19(24)10-16(26)11-20(21)25/h1-6,9-11H,7-8,12,26H2. The summed E-state index contributed by atoms with van der Waals surface area (Å²) in [6.07, 6.45) is 0.731. The van der Waals surface area contributed by atoms with Gasteiger partial charge >= 0.3 is 0 Å². The van der Waals surface area contributed by atoms with Gasteiger partial charge in [0.1, 0.15) is 5.75 Å². The topological polar surface area (TPSA) is 55.6 Å². The normalized spacial score (nSPS) is 13.3. The molecule has 29 heavy (non-hydrogen) atoms. The molecule has 1 aliphatic heterocycles. The third-order valence-corrected chi connectivity index (χ3v) is 5.59. The van der Waals surface area contributed by atoms with Crippen LogP contribution in [0.1, 0.15) is 21.5 Å². The summed E-state index contributed by atoms with van der Waals surface area (Å²) in [6, 6.07) is 16.1. The van der Waals surface area contributed by atoms with Gasteiger partial charge in [-0.25, -0.2) is 0 Å². The fourth-order valence-electron chi connectivity index (χ4n) is 3.33. The first-order valence-electron chi connectivity index (χ1n) is 9.00. The van der Waals surface area contributed by atoms with Crippen LogP contribution in [-0.4, -0.2) is 17.4 Å². The average Bonchev–Trinajstić information content (AvgIpc) is 2.68. The molecule has 7 heteroatoms. The lowest BCUT2D eigenvalue weighted by molar-refractivity contribution is 0.0727. The van der Waals surface area contributed by atoms with Gasteiger partial charge in [0.25, 0.3) is 5.91 Å². The van der Waals surface area contributed by atoms with Gasteiger partial charge in [-0.3, -0.25) is 4.79 Å². The van der Waals surface area contributed by atoms with E-state index in [0.717, 1.165) is 17.5 Å². The van der Waals surface area contributed by atoms with Gasteiger partial charge in [-0.15, -0.1) is 0 Å². The molecule has 3 aromatic carbocycles. The van der Waals surface area contributed by atoms with Crippen LogP contribution >= 0.6 is 34.8 Å². The van der Waals surface area contributed by atoms with E-state index in [9.17, 15) is 4.79 Å². The molecule has 148 valence electrons. The van der Waals surface area contributed by atoms with Crippen molar-refractivity contribution in [3.63, 3.8) is 0 Å². The number of amides is 1. The van der Waals surface area contributed by atoms with Crippen LogP contribution in [-0.2, 0) is 13.0 Å². The first-order chi connectivity index (χ1) is 13.9. The molecular weight excluding hydrogens is 431 g/mol. The Hall–Kier alpha value is -2.40. The Kier molecular flexibility index (Phi) is 5.59. The number of benzene rings is 3. The Morgan fingerprint density at radius 2 is 1.66 bits per heavy atom. The maximum Gasteiger partial charge on any atom is 0.254 e. The van der Waals surface area contributed by atoms with E-state index in [2.05, 4.69) is 0 Å². The van der Waals surface area contributed by atoms with E-state index in [0.29, 0.717) is 50.9 Å². The van der Waals surface area contributed by atoms with E-state index in [1.54, 1.807) is 24.3 Å². The summed E-state index contributed by atoms with van der Waals surface area (Å²) >= 11 is 18.3. The molecule has 3 aromatic rings. The first-order valence-corrected chi connectivity index (χ1v) is 10.1. The highest BCUT2D eigenvalue weighted by atomic mass is 35.5. The van der Waals surface area contributed by atoms with Gasteiger partial charge < -0.3 is 15.4 Å². The van der Waals surface area contributed by atoms with Crippen molar-refractivity contribution in [3.8, 4) is 11.5 Å². The van der Waals surface area contributed by atoms with Crippen molar-refractivity contribution >= 4 is 46.4 Å². The first kappa shape index (κ1) is 19.9. The Labute approximate surface area is 183 Å². The van der Waals surface area contributed by atoms with Crippen molar-refractivity contribution < 1.29 is 9.53 Å². The van der Waals surface area contributed by atoms with Gasteiger partial charge in [0.2, 0.25) is 0 Å².